The van der Waals surface area contributed by atoms with E-state index in [1.807, 2.05) is 54.6 Å². The van der Waals surface area contributed by atoms with Crippen LogP contribution in [-0.2, 0) is 22.6 Å². The third-order valence-corrected chi connectivity index (χ3v) is 8.85. The van der Waals surface area contributed by atoms with Gasteiger partial charge in [-0.25, -0.2) is 14.3 Å². The van der Waals surface area contributed by atoms with Crippen LogP contribution in [0.25, 0.3) is 0 Å². The van der Waals surface area contributed by atoms with Gasteiger partial charge in [0.25, 0.3) is 5.91 Å². The van der Waals surface area contributed by atoms with E-state index in [1.165, 1.54) is 11.3 Å². The molecule has 2 heterocycles. The highest BCUT2D eigenvalue weighted by atomic mass is 32.1. The zero-order valence-electron chi connectivity index (χ0n) is 23.5. The van der Waals surface area contributed by atoms with Crippen molar-refractivity contribution in [2.45, 2.75) is 70.6 Å². The molecule has 1 aliphatic heterocycles. The molecule has 0 aliphatic carbocycles. The fourth-order valence-corrected chi connectivity index (χ4v) is 6.13. The molecule has 0 spiro atoms. The van der Waals surface area contributed by atoms with Crippen LogP contribution in [-0.4, -0.2) is 40.8 Å². The van der Waals surface area contributed by atoms with E-state index in [-0.39, 0.29) is 18.0 Å². The van der Waals surface area contributed by atoms with Gasteiger partial charge in [-0.1, -0.05) is 50.5 Å². The number of thiophene rings is 1. The zero-order chi connectivity index (χ0) is 29.4. The van der Waals surface area contributed by atoms with Crippen molar-refractivity contribution in [1.82, 2.24) is 4.67 Å². The van der Waals surface area contributed by atoms with E-state index in [2.05, 4.69) is 16.3 Å². The van der Waals surface area contributed by atoms with Crippen molar-refractivity contribution in [3.8, 4) is 5.75 Å². The van der Waals surface area contributed by atoms with Crippen molar-refractivity contribution in [2.24, 2.45) is 0 Å². The molecule has 0 radical (unpaired) electrons. The third-order valence-electron chi connectivity index (χ3n) is 7.24. The van der Waals surface area contributed by atoms with Crippen molar-refractivity contribution in [3.05, 3.63) is 81.5 Å². The Morgan fingerprint density at radius 2 is 1.76 bits per heavy atom. The monoisotopic (exact) mass is 596 g/mol. The molecule has 218 valence electrons. The number of carboxylic acid groups (broad SMARTS) is 1. The number of amides is 3. The first kappa shape index (κ1) is 30.7. The van der Waals surface area contributed by atoms with Crippen LogP contribution in [0.5, 0.6) is 5.75 Å². The molecule has 4 rings (SSSR count). The Morgan fingerprint density at radius 1 is 1.02 bits per heavy atom. The molecule has 0 bridgehead atoms. The first-order valence-electron chi connectivity index (χ1n) is 13.9. The fourth-order valence-electron chi connectivity index (χ4n) is 4.95. The van der Waals surface area contributed by atoms with Gasteiger partial charge in [-0.2, -0.15) is 0 Å². The number of unbranched alkanes of at least 4 members (excludes halogenated alkanes) is 2. The van der Waals surface area contributed by atoms with Gasteiger partial charge >= 0.3 is 12.0 Å². The van der Waals surface area contributed by atoms with Crippen LogP contribution < -0.4 is 9.64 Å². The third kappa shape index (κ3) is 7.73. The molecule has 1 fully saturated rings. The topological polar surface area (TPSA) is 96.4 Å². The minimum atomic E-state index is -0.940. The van der Waals surface area contributed by atoms with Gasteiger partial charge in [0.05, 0.1) is 19.8 Å². The number of urea groups is 1. The van der Waals surface area contributed by atoms with E-state index in [1.54, 1.807) is 18.1 Å². The summed E-state index contributed by atoms with van der Waals surface area (Å²) in [5.74, 6) is -0.397. The number of methoxy groups -OCH3 is 1. The average Bonchev–Trinajstić information content (AvgIpc) is 3.55. The molecular weight excluding hydrogens is 559 g/mol. The number of benzene rings is 2. The van der Waals surface area contributed by atoms with Gasteiger partial charge in [-0.15, -0.1) is 11.3 Å². The number of imide groups is 1. The molecule has 3 atom stereocenters. The molecule has 0 saturated carbocycles. The molecule has 41 heavy (non-hydrogen) atoms. The number of aryl methyl sites for hydroxylation is 1. The van der Waals surface area contributed by atoms with E-state index in [9.17, 15) is 14.4 Å². The summed E-state index contributed by atoms with van der Waals surface area (Å²) >= 11 is 1.24. The predicted octanol–water partition coefficient (Wildman–Crippen LogP) is 7.24. The van der Waals surface area contributed by atoms with E-state index in [0.717, 1.165) is 52.1 Å². The molecule has 8 nitrogen and oxygen atoms in total. The first-order valence-corrected chi connectivity index (χ1v) is 15.2. The largest absolute Gasteiger partial charge is 0.497 e. The molecule has 1 saturated heterocycles. The molecule has 3 aromatic rings. The lowest BCUT2D eigenvalue weighted by molar-refractivity contribution is -0.123. The van der Waals surface area contributed by atoms with Gasteiger partial charge in [-0.05, 0) is 82.6 Å². The number of carbonyl (C=O) groups excluding carboxylic acids is 2. The van der Waals surface area contributed by atoms with E-state index in [4.69, 9.17) is 14.6 Å². The Balaban J connectivity index is 1.44. The van der Waals surface area contributed by atoms with Gasteiger partial charge in [-0.3, -0.25) is 9.69 Å². The highest BCUT2D eigenvalue weighted by Crippen LogP contribution is 2.33. The number of hydrogen-bond donors (Lipinski definition) is 1. The second kappa shape index (κ2) is 14.6. The predicted molar refractivity (Wildman–Crippen MR) is 164 cm³/mol. The van der Waals surface area contributed by atoms with E-state index >= 15 is 0 Å². The summed E-state index contributed by atoms with van der Waals surface area (Å²) in [6.45, 7) is 2.65. The van der Waals surface area contributed by atoms with Crippen LogP contribution >= 0.6 is 20.7 Å². The standard InChI is InChI=1S/C31H37N2O6PS/c1-3-4-5-9-27(39-20-21-10-16-24(38-2)17-11-21)22-12-14-23(15-13-22)32-26(29(34)33(40)31(32)37)8-6-7-25-18-19-28(41-25)30(35)36/h10-19,26-27H,3-9,20,40H2,1-2H3,(H,35,36). The number of anilines is 1. The van der Waals surface area contributed by atoms with Crippen molar-refractivity contribution < 1.29 is 29.0 Å². The average molecular weight is 597 g/mol. The van der Waals surface area contributed by atoms with Crippen LogP contribution in [0, 0.1) is 0 Å². The Morgan fingerprint density at radius 3 is 2.39 bits per heavy atom. The summed E-state index contributed by atoms with van der Waals surface area (Å²) in [5.41, 5.74) is 2.76. The lowest BCUT2D eigenvalue weighted by atomic mass is 10.0. The lowest BCUT2D eigenvalue weighted by Gasteiger charge is -2.23. The normalized spacial score (nSPS) is 15.9. The minimum absolute atomic E-state index is 0.0934. The number of nitrogens with zero attached hydrogens (tertiary/aromatic N) is 2. The van der Waals surface area contributed by atoms with Crippen LogP contribution in [0.2, 0.25) is 0 Å². The Kier molecular flexibility index (Phi) is 10.9. The number of rotatable bonds is 15. The SMILES string of the molecule is CCCCCC(OCc1ccc(OC)cc1)c1ccc(N2C(=O)N(P)C(=O)C2CCCc2ccc(C(=O)O)s2)cc1. The highest BCUT2D eigenvalue weighted by Gasteiger charge is 2.43. The van der Waals surface area contributed by atoms with E-state index < -0.39 is 12.0 Å². The van der Waals surface area contributed by atoms with Crippen LogP contribution in [0.3, 0.4) is 0 Å². The number of hydrogen-bond acceptors (Lipinski definition) is 6. The summed E-state index contributed by atoms with van der Waals surface area (Å²) in [4.78, 5) is 40.0. The summed E-state index contributed by atoms with van der Waals surface area (Å²) in [6.07, 6.45) is 5.85. The van der Waals surface area contributed by atoms with Crippen LogP contribution in [0.1, 0.15) is 77.2 Å². The Bertz CT molecular complexity index is 1330. The van der Waals surface area contributed by atoms with Crippen molar-refractivity contribution >= 4 is 44.3 Å². The molecule has 2 aromatic carbocycles. The number of aromatic carboxylic acids is 1. The maximum Gasteiger partial charge on any atom is 0.345 e. The summed E-state index contributed by atoms with van der Waals surface area (Å²) < 4.78 is 12.7. The second-order valence-electron chi connectivity index (χ2n) is 10.1. The van der Waals surface area contributed by atoms with Crippen LogP contribution in [0.4, 0.5) is 10.5 Å². The van der Waals surface area contributed by atoms with Crippen molar-refractivity contribution in [2.75, 3.05) is 12.0 Å². The van der Waals surface area contributed by atoms with Gasteiger partial charge in [0.15, 0.2) is 0 Å². The van der Waals surface area contributed by atoms with E-state index in [0.29, 0.717) is 36.4 Å². The van der Waals surface area contributed by atoms with Gasteiger partial charge < -0.3 is 14.6 Å². The number of carbonyl (C=O) groups is 3. The molecule has 1 aromatic heterocycles. The van der Waals surface area contributed by atoms with Gasteiger partial charge in [0.1, 0.15) is 16.7 Å². The number of carboxylic acids is 1. The molecular formula is C31H37N2O6PS. The lowest BCUT2D eigenvalue weighted by Crippen LogP contribution is -2.35. The quantitative estimate of drug-likeness (QED) is 0.113. The minimum Gasteiger partial charge on any atom is -0.497 e. The Hall–Kier alpha value is -3.26. The summed E-state index contributed by atoms with van der Waals surface area (Å²) in [5, 5.41) is 9.16. The van der Waals surface area contributed by atoms with Crippen molar-refractivity contribution in [1.29, 1.82) is 0 Å². The van der Waals surface area contributed by atoms with Gasteiger partial charge in [0.2, 0.25) is 0 Å². The molecule has 3 amide bonds. The van der Waals surface area contributed by atoms with Crippen LogP contribution in [0.15, 0.2) is 60.7 Å². The summed E-state index contributed by atoms with van der Waals surface area (Å²) in [6, 6.07) is 18.0. The van der Waals surface area contributed by atoms with Gasteiger partial charge in [0, 0.05) is 10.6 Å². The summed E-state index contributed by atoms with van der Waals surface area (Å²) in [7, 11) is 3.88. The second-order valence-corrected chi connectivity index (χ2v) is 11.8. The smallest absolute Gasteiger partial charge is 0.345 e. The Labute approximate surface area is 247 Å². The molecule has 3 unspecified atom stereocenters. The zero-order valence-corrected chi connectivity index (χ0v) is 25.4. The van der Waals surface area contributed by atoms with Crippen molar-refractivity contribution in [3.63, 3.8) is 0 Å². The molecule has 1 aliphatic rings. The maximum absolute atomic E-state index is 13.0. The first-order chi connectivity index (χ1) is 19.8. The fraction of sp³-hybridized carbons (Fsp3) is 0.387. The number of ether oxygens (including phenoxy) is 2. The molecule has 10 heteroatoms. The maximum atomic E-state index is 13.0. The highest BCUT2D eigenvalue weighted by molar-refractivity contribution is 7.16. The molecule has 1 N–H and O–H groups in total.